The van der Waals surface area contributed by atoms with E-state index in [0.29, 0.717) is 36.2 Å². The van der Waals surface area contributed by atoms with Crippen LogP contribution < -0.4 is 22.3 Å². The Morgan fingerprint density at radius 1 is 1.00 bits per heavy atom. The molecule has 6 N–H and O–H groups in total. The van der Waals surface area contributed by atoms with Crippen molar-refractivity contribution in [3.05, 3.63) is 87.4 Å². The predicted octanol–water partition coefficient (Wildman–Crippen LogP) is 1.28. The molecule has 0 saturated carbocycles. The lowest BCUT2D eigenvalue weighted by Gasteiger charge is -2.15. The van der Waals surface area contributed by atoms with E-state index in [1.165, 1.54) is 49.4 Å². The van der Waals surface area contributed by atoms with Gasteiger partial charge in [-0.2, -0.15) is 9.97 Å². The van der Waals surface area contributed by atoms with Crippen molar-refractivity contribution in [2.75, 3.05) is 25.7 Å². The van der Waals surface area contributed by atoms with Crippen molar-refractivity contribution >= 4 is 52.4 Å². The molecule has 0 bridgehead atoms. The summed E-state index contributed by atoms with van der Waals surface area (Å²) in [7, 11) is 2.44. The first-order chi connectivity index (χ1) is 24.5. The molecule has 3 aromatic heterocycles. The van der Waals surface area contributed by atoms with Crippen LogP contribution in [0.5, 0.6) is 0 Å². The number of nitrogens with one attached hydrogen (secondary N) is 2. The lowest BCUT2D eigenvalue weighted by atomic mass is 9.93. The fourth-order valence-corrected chi connectivity index (χ4v) is 5.04. The number of hydrogen-bond donors (Lipinski definition) is 4. The Morgan fingerprint density at radius 2 is 1.76 bits per heavy atom. The number of fused-ring (bicyclic) bond motifs is 1. The number of hydrazine groups is 1. The summed E-state index contributed by atoms with van der Waals surface area (Å²) in [5, 5.41) is 19.4. The van der Waals surface area contributed by atoms with E-state index in [4.69, 9.17) is 20.9 Å². The second-order valence-corrected chi connectivity index (χ2v) is 10.9. The molecule has 262 valence electrons. The number of hydrogen-bond acceptors (Lipinski definition) is 16. The van der Waals surface area contributed by atoms with Crippen molar-refractivity contribution in [3.8, 4) is 11.3 Å². The maximum absolute atomic E-state index is 12.7. The van der Waals surface area contributed by atoms with Gasteiger partial charge < -0.3 is 20.9 Å². The van der Waals surface area contributed by atoms with Gasteiger partial charge in [0.05, 0.1) is 55.1 Å². The molecule has 0 aliphatic heterocycles. The van der Waals surface area contributed by atoms with Crippen molar-refractivity contribution < 1.29 is 33.6 Å². The number of rotatable bonds is 12. The Labute approximate surface area is 287 Å². The summed E-state index contributed by atoms with van der Waals surface area (Å²) in [6.45, 7) is 0.335. The predicted molar refractivity (Wildman–Crippen MR) is 177 cm³/mol. The monoisotopic (exact) mass is 698 g/mol. The molecule has 0 radical (unpaired) electrons. The van der Waals surface area contributed by atoms with Gasteiger partial charge in [0.2, 0.25) is 11.9 Å². The van der Waals surface area contributed by atoms with Crippen LogP contribution in [0, 0.1) is 10.1 Å². The third kappa shape index (κ3) is 8.31. The number of anilines is 2. The number of carbonyl (C=O) groups excluding carboxylic acids is 4. The van der Waals surface area contributed by atoms with Gasteiger partial charge in [-0.15, -0.1) is 5.10 Å². The van der Waals surface area contributed by atoms with E-state index < -0.39 is 34.6 Å². The highest BCUT2D eigenvalue weighted by Gasteiger charge is 2.23. The number of nitrogen functional groups attached to an aromatic ring is 2. The first-order valence-corrected chi connectivity index (χ1v) is 15.1. The number of aromatic nitrogens is 7. The number of carbonyl (C=O) groups is 4. The Hall–Kier alpha value is -7.12. The third-order valence-electron chi connectivity index (χ3n) is 7.53. The number of ether oxygens (including phenoxy) is 2. The van der Waals surface area contributed by atoms with Crippen molar-refractivity contribution in [1.82, 2.24) is 45.8 Å². The Bertz CT molecular complexity index is 2140. The van der Waals surface area contributed by atoms with Gasteiger partial charge in [-0.25, -0.2) is 14.8 Å². The van der Waals surface area contributed by atoms with Crippen molar-refractivity contribution in [3.63, 3.8) is 0 Å². The minimum atomic E-state index is -0.765. The normalized spacial score (nSPS) is 11.4. The number of nitro groups is 1. The zero-order valence-corrected chi connectivity index (χ0v) is 27.1. The summed E-state index contributed by atoms with van der Waals surface area (Å²) < 4.78 is 11.3. The summed E-state index contributed by atoms with van der Waals surface area (Å²) in [6, 6.07) is 9.99. The van der Waals surface area contributed by atoms with E-state index in [1.54, 1.807) is 18.3 Å². The minimum Gasteiger partial charge on any atom is -0.469 e. The molecular formula is C31H30N12O8. The summed E-state index contributed by atoms with van der Waals surface area (Å²) >= 11 is 0. The number of nitrogens with two attached hydrogens (primary N) is 2. The van der Waals surface area contributed by atoms with Gasteiger partial charge in [-0.05, 0) is 36.6 Å². The number of non-ortho nitro benzene ring substituents is 1. The summed E-state index contributed by atoms with van der Waals surface area (Å²) in [5.74, 6) is -3.15. The maximum atomic E-state index is 12.7. The molecule has 20 heteroatoms. The topological polar surface area (TPSA) is 288 Å². The van der Waals surface area contributed by atoms with Crippen LogP contribution in [0.2, 0.25) is 0 Å². The van der Waals surface area contributed by atoms with E-state index >= 15 is 0 Å². The number of esters is 2. The highest BCUT2D eigenvalue weighted by atomic mass is 16.6. The molecule has 0 aliphatic rings. The van der Waals surface area contributed by atoms with Crippen LogP contribution in [0.1, 0.15) is 50.7 Å². The summed E-state index contributed by atoms with van der Waals surface area (Å²) in [6.07, 6.45) is 3.48. The second-order valence-electron chi connectivity index (χ2n) is 10.9. The molecule has 0 unspecified atom stereocenters. The number of benzene rings is 2. The van der Waals surface area contributed by atoms with Crippen LogP contribution in [0.3, 0.4) is 0 Å². The number of nitrogens with zero attached hydrogens (tertiary/aromatic N) is 8. The smallest absolute Gasteiger partial charge is 0.338 e. The SMILES string of the molecule is COC(=O)c1cc([N+](=O)[O-])ccc1-c1cn(CCC[C@H](C(=O)OC)c2ccc(C(=O)NNC(=O)Cc3cnc4nc(N)nc(N)c4n3)cc2)nn1. The molecule has 5 rings (SSSR count). The molecule has 2 aromatic carbocycles. The third-order valence-corrected chi connectivity index (χ3v) is 7.53. The van der Waals surface area contributed by atoms with Crippen LogP contribution in [-0.4, -0.2) is 77.8 Å². The van der Waals surface area contributed by atoms with Crippen molar-refractivity contribution in [2.24, 2.45) is 0 Å². The van der Waals surface area contributed by atoms with Gasteiger partial charge in [-0.3, -0.25) is 40.0 Å². The van der Waals surface area contributed by atoms with Crippen LogP contribution in [0.4, 0.5) is 17.5 Å². The van der Waals surface area contributed by atoms with Gasteiger partial charge in [-0.1, -0.05) is 17.3 Å². The number of aryl methyl sites for hydroxylation is 1. The highest BCUT2D eigenvalue weighted by Crippen LogP contribution is 2.28. The standard InChI is InChI=1S/C31H30N12O8/c1-50-29(46)20(4-3-11-42-15-23(38-41-42)21-10-9-19(43(48)49)13-22(21)30(47)51-2)16-5-7-17(8-6-16)28(45)40-39-24(44)12-18-14-34-27-25(35-18)26(32)36-31(33)37-27/h5-10,13-15,20H,3-4,11-12H2,1-2H3,(H,39,44)(H,40,45)(H4,32,33,34,36,37)/t20-/m0/s1. The van der Waals surface area contributed by atoms with E-state index in [2.05, 4.69) is 41.1 Å². The van der Waals surface area contributed by atoms with Gasteiger partial charge in [0.25, 0.3) is 11.6 Å². The molecule has 51 heavy (non-hydrogen) atoms. The van der Waals surface area contributed by atoms with E-state index in [0.717, 1.165) is 6.07 Å². The average molecular weight is 699 g/mol. The van der Waals surface area contributed by atoms with Gasteiger partial charge >= 0.3 is 11.9 Å². The minimum absolute atomic E-state index is 0.0146. The molecule has 0 fully saturated rings. The van der Waals surface area contributed by atoms with Crippen LogP contribution >= 0.6 is 0 Å². The van der Waals surface area contributed by atoms with E-state index in [9.17, 15) is 29.3 Å². The summed E-state index contributed by atoms with van der Waals surface area (Å²) in [4.78, 5) is 76.8. The fraction of sp³-hybridized carbons (Fsp3) is 0.226. The zero-order chi connectivity index (χ0) is 36.7. The van der Waals surface area contributed by atoms with E-state index in [1.807, 2.05) is 0 Å². The number of amides is 2. The molecule has 2 amide bonds. The van der Waals surface area contributed by atoms with E-state index in [-0.39, 0.29) is 51.9 Å². The van der Waals surface area contributed by atoms with Gasteiger partial charge in [0.15, 0.2) is 17.0 Å². The molecule has 3 heterocycles. The Balaban J connectivity index is 1.17. The quantitative estimate of drug-likeness (QED) is 0.0810. The van der Waals surface area contributed by atoms with Crippen LogP contribution in [0.15, 0.2) is 54.9 Å². The molecule has 5 aromatic rings. The Kier molecular flexibility index (Phi) is 10.6. The van der Waals surface area contributed by atoms with Gasteiger partial charge in [0, 0.05) is 29.8 Å². The van der Waals surface area contributed by atoms with Crippen molar-refractivity contribution in [2.45, 2.75) is 31.7 Å². The molecule has 0 spiro atoms. The zero-order valence-electron chi connectivity index (χ0n) is 27.1. The number of nitro benzene ring substituents is 1. The maximum Gasteiger partial charge on any atom is 0.338 e. The first-order valence-electron chi connectivity index (χ1n) is 15.1. The second kappa shape index (κ2) is 15.4. The van der Waals surface area contributed by atoms with Crippen LogP contribution in [0.25, 0.3) is 22.4 Å². The van der Waals surface area contributed by atoms with Gasteiger partial charge in [0.1, 0.15) is 5.69 Å². The van der Waals surface area contributed by atoms with Crippen molar-refractivity contribution in [1.29, 1.82) is 0 Å². The molecular weight excluding hydrogens is 668 g/mol. The molecule has 0 aliphatic carbocycles. The van der Waals surface area contributed by atoms with Crippen LogP contribution in [-0.2, 0) is 32.0 Å². The highest BCUT2D eigenvalue weighted by molar-refractivity contribution is 5.97. The first kappa shape index (κ1) is 35.2. The lowest BCUT2D eigenvalue weighted by molar-refractivity contribution is -0.384. The molecule has 0 saturated heterocycles. The summed E-state index contributed by atoms with van der Waals surface area (Å²) in [5.41, 5.74) is 17.7. The Morgan fingerprint density at radius 3 is 2.47 bits per heavy atom. The molecule has 20 nitrogen and oxygen atoms in total. The largest absolute Gasteiger partial charge is 0.469 e. The lowest BCUT2D eigenvalue weighted by Crippen LogP contribution is -2.42. The molecule has 1 atom stereocenters. The average Bonchev–Trinajstić information content (AvgIpc) is 3.60. The number of methoxy groups -OCH3 is 2. The fourth-order valence-electron chi connectivity index (χ4n) is 5.04.